The predicted molar refractivity (Wildman–Crippen MR) is 77.6 cm³/mol. The van der Waals surface area contributed by atoms with E-state index in [4.69, 9.17) is 27.9 Å². The van der Waals surface area contributed by atoms with Crippen molar-refractivity contribution in [1.82, 2.24) is 0 Å². The molecule has 0 aliphatic heterocycles. The Morgan fingerprint density at radius 3 is 2.55 bits per heavy atom. The predicted octanol–water partition coefficient (Wildman–Crippen LogP) is 3.29. The number of nitro benzene ring substituents is 1. The van der Waals surface area contributed by atoms with Crippen LogP contribution in [-0.2, 0) is 9.53 Å². The fourth-order valence-corrected chi connectivity index (χ4v) is 1.91. The Labute approximate surface area is 126 Å². The van der Waals surface area contributed by atoms with Gasteiger partial charge in [-0.3, -0.25) is 14.9 Å². The van der Waals surface area contributed by atoms with Gasteiger partial charge in [-0.1, -0.05) is 23.2 Å². The Bertz CT molecular complexity index is 522. The van der Waals surface area contributed by atoms with Crippen LogP contribution in [0.1, 0.15) is 13.3 Å². The topological polar surface area (TPSA) is 72.7 Å². The van der Waals surface area contributed by atoms with E-state index in [1.165, 1.54) is 12.1 Å². The molecule has 0 radical (unpaired) electrons. The Morgan fingerprint density at radius 2 is 2.00 bits per heavy atom. The first kappa shape index (κ1) is 16.5. The van der Waals surface area contributed by atoms with E-state index in [0.717, 1.165) is 0 Å². The molecule has 0 bridgehead atoms. The lowest BCUT2D eigenvalue weighted by Gasteiger charge is -2.19. The average Bonchev–Trinajstić information content (AvgIpc) is 2.38. The van der Waals surface area contributed by atoms with Crippen molar-refractivity contribution in [2.45, 2.75) is 13.3 Å². The molecule has 0 atom stereocenters. The van der Waals surface area contributed by atoms with Gasteiger partial charge in [0.05, 0.1) is 28.0 Å². The number of rotatable bonds is 6. The van der Waals surface area contributed by atoms with Crippen LogP contribution in [0.5, 0.6) is 0 Å². The quantitative estimate of drug-likeness (QED) is 0.457. The molecule has 1 aromatic rings. The van der Waals surface area contributed by atoms with E-state index in [2.05, 4.69) is 0 Å². The molecule has 8 heteroatoms. The average molecular weight is 321 g/mol. The van der Waals surface area contributed by atoms with Crippen LogP contribution < -0.4 is 4.90 Å². The summed E-state index contributed by atoms with van der Waals surface area (Å²) in [7, 11) is 1.63. The maximum absolute atomic E-state index is 11.3. The number of nitrogens with zero attached hydrogens (tertiary/aromatic N) is 2. The summed E-state index contributed by atoms with van der Waals surface area (Å²) in [6.45, 7) is 2.29. The molecule has 110 valence electrons. The molecule has 0 N–H and O–H groups in total. The van der Waals surface area contributed by atoms with Crippen LogP contribution in [0.15, 0.2) is 12.1 Å². The van der Waals surface area contributed by atoms with Gasteiger partial charge in [-0.05, 0) is 13.0 Å². The highest BCUT2D eigenvalue weighted by Gasteiger charge is 2.20. The van der Waals surface area contributed by atoms with Gasteiger partial charge in [0, 0.05) is 19.7 Å². The highest BCUT2D eigenvalue weighted by atomic mass is 35.5. The number of ether oxygens (including phenoxy) is 1. The minimum Gasteiger partial charge on any atom is -0.466 e. The second-order valence-corrected chi connectivity index (χ2v) is 4.80. The van der Waals surface area contributed by atoms with Crippen molar-refractivity contribution in [2.75, 3.05) is 25.1 Å². The SMILES string of the molecule is CCOC(=O)CCN(C)c1cc(Cl)c(Cl)cc1[N+](=O)[O-]. The number of hydrogen-bond donors (Lipinski definition) is 0. The summed E-state index contributed by atoms with van der Waals surface area (Å²) in [5.41, 5.74) is 0.138. The van der Waals surface area contributed by atoms with Crippen molar-refractivity contribution >= 4 is 40.5 Å². The van der Waals surface area contributed by atoms with Crippen LogP contribution in [-0.4, -0.2) is 31.1 Å². The Morgan fingerprint density at radius 1 is 1.40 bits per heavy atom. The van der Waals surface area contributed by atoms with E-state index in [9.17, 15) is 14.9 Å². The second-order valence-electron chi connectivity index (χ2n) is 3.99. The first-order chi connectivity index (χ1) is 9.36. The van der Waals surface area contributed by atoms with Gasteiger partial charge < -0.3 is 9.64 Å². The molecule has 1 aromatic carbocycles. The van der Waals surface area contributed by atoms with Crippen LogP contribution in [0.2, 0.25) is 10.0 Å². The van der Waals surface area contributed by atoms with Crippen LogP contribution in [0, 0.1) is 10.1 Å². The first-order valence-electron chi connectivity index (χ1n) is 5.87. The zero-order chi connectivity index (χ0) is 15.3. The molecule has 0 saturated carbocycles. The summed E-state index contributed by atoms with van der Waals surface area (Å²) in [5, 5.41) is 11.3. The lowest BCUT2D eigenvalue weighted by molar-refractivity contribution is -0.384. The smallest absolute Gasteiger partial charge is 0.307 e. The maximum Gasteiger partial charge on any atom is 0.307 e. The van der Waals surface area contributed by atoms with Gasteiger partial charge in [-0.25, -0.2) is 0 Å². The largest absolute Gasteiger partial charge is 0.466 e. The van der Waals surface area contributed by atoms with Gasteiger partial charge in [-0.15, -0.1) is 0 Å². The molecule has 0 spiro atoms. The normalized spacial score (nSPS) is 10.2. The number of esters is 1. The number of carbonyl (C=O) groups excluding carboxylic acids is 1. The molecule has 0 aliphatic carbocycles. The van der Waals surface area contributed by atoms with Gasteiger partial charge >= 0.3 is 5.97 Å². The molecule has 0 aliphatic rings. The third-order valence-electron chi connectivity index (χ3n) is 2.58. The number of benzene rings is 1. The molecule has 0 saturated heterocycles. The van der Waals surface area contributed by atoms with Crippen molar-refractivity contribution in [3.63, 3.8) is 0 Å². The summed E-state index contributed by atoms with van der Waals surface area (Å²) < 4.78 is 4.80. The van der Waals surface area contributed by atoms with Gasteiger partial charge in [0.2, 0.25) is 0 Å². The molecule has 0 heterocycles. The van der Waals surface area contributed by atoms with Crippen LogP contribution in [0.25, 0.3) is 0 Å². The molecule has 0 aromatic heterocycles. The maximum atomic E-state index is 11.3. The van der Waals surface area contributed by atoms with Crippen molar-refractivity contribution in [1.29, 1.82) is 0 Å². The molecular formula is C12H14Cl2N2O4. The fraction of sp³-hybridized carbons (Fsp3) is 0.417. The first-order valence-corrected chi connectivity index (χ1v) is 6.62. The highest BCUT2D eigenvalue weighted by molar-refractivity contribution is 6.42. The highest BCUT2D eigenvalue weighted by Crippen LogP contribution is 2.35. The van der Waals surface area contributed by atoms with E-state index in [1.807, 2.05) is 0 Å². The van der Waals surface area contributed by atoms with Gasteiger partial charge in [-0.2, -0.15) is 0 Å². The van der Waals surface area contributed by atoms with E-state index in [-0.39, 0.29) is 34.7 Å². The summed E-state index contributed by atoms with van der Waals surface area (Å²) in [6.07, 6.45) is 0.127. The van der Waals surface area contributed by atoms with Gasteiger partial charge in [0.15, 0.2) is 0 Å². The number of halogens is 2. The molecule has 20 heavy (non-hydrogen) atoms. The number of hydrogen-bond acceptors (Lipinski definition) is 5. The monoisotopic (exact) mass is 320 g/mol. The Hall–Kier alpha value is -1.53. The van der Waals surface area contributed by atoms with Gasteiger partial charge in [0.1, 0.15) is 5.69 Å². The summed E-state index contributed by atoms with van der Waals surface area (Å²) in [5.74, 6) is -0.359. The second kappa shape index (κ2) is 7.31. The molecule has 0 amide bonds. The number of anilines is 1. The number of carbonyl (C=O) groups is 1. The molecule has 0 fully saturated rings. The van der Waals surface area contributed by atoms with E-state index >= 15 is 0 Å². The third kappa shape index (κ3) is 4.25. The zero-order valence-electron chi connectivity index (χ0n) is 11.1. The number of nitro groups is 1. The van der Waals surface area contributed by atoms with Crippen molar-refractivity contribution < 1.29 is 14.5 Å². The molecule has 1 rings (SSSR count). The Kier molecular flexibility index (Phi) is 6.04. The summed E-state index contributed by atoms with van der Waals surface area (Å²) >= 11 is 11.6. The lowest BCUT2D eigenvalue weighted by Crippen LogP contribution is -2.22. The van der Waals surface area contributed by atoms with Crippen molar-refractivity contribution in [3.05, 3.63) is 32.3 Å². The van der Waals surface area contributed by atoms with Gasteiger partial charge in [0.25, 0.3) is 5.69 Å². The zero-order valence-corrected chi connectivity index (χ0v) is 12.6. The lowest BCUT2D eigenvalue weighted by atomic mass is 10.2. The fourth-order valence-electron chi connectivity index (χ4n) is 1.59. The van der Waals surface area contributed by atoms with E-state index in [1.54, 1.807) is 18.9 Å². The molecule has 6 nitrogen and oxygen atoms in total. The molecular weight excluding hydrogens is 307 g/mol. The third-order valence-corrected chi connectivity index (χ3v) is 3.30. The van der Waals surface area contributed by atoms with Crippen molar-refractivity contribution in [2.24, 2.45) is 0 Å². The minimum atomic E-state index is -0.543. The van der Waals surface area contributed by atoms with Crippen LogP contribution >= 0.6 is 23.2 Å². The minimum absolute atomic E-state index is 0.112. The van der Waals surface area contributed by atoms with Crippen LogP contribution in [0.3, 0.4) is 0 Å². The van der Waals surface area contributed by atoms with E-state index < -0.39 is 4.92 Å². The van der Waals surface area contributed by atoms with Crippen molar-refractivity contribution in [3.8, 4) is 0 Å². The van der Waals surface area contributed by atoms with E-state index in [0.29, 0.717) is 12.3 Å². The van der Waals surface area contributed by atoms with Crippen LogP contribution in [0.4, 0.5) is 11.4 Å². The Balaban J connectivity index is 2.91. The molecule has 0 unspecified atom stereocenters. The summed E-state index contributed by atoms with van der Waals surface area (Å²) in [6, 6.07) is 2.60. The standard InChI is InChI=1S/C12H14Cl2N2O4/c1-3-20-12(17)4-5-15(2)10-6-8(13)9(14)7-11(10)16(18)19/h6-7H,3-5H2,1-2H3. The summed E-state index contributed by atoms with van der Waals surface area (Å²) in [4.78, 5) is 23.3.